The van der Waals surface area contributed by atoms with Gasteiger partial charge in [0, 0.05) is 77.2 Å². The highest BCUT2D eigenvalue weighted by Crippen LogP contribution is 2.30. The standard InChI is InChI=1S/2C8H13N.3C7H12N2.3C7H11NO.C6H10N2O/c2*1-8(2,3)7-4-5-9-6-7;1-7(2,3)6-4-8-9-5-6;1-7(2,3)9-6-4-5-8-9;1-7(2,3)6-4-5-8-9-6;1-7(2,3)6-4-9-5-8-6;1-7(2,3)6-4-8-5-9-6;1-7(2,3)6-8-4-5-9-6;1-6(2,3)5-7-4-8-9-5/h5-6H,4H2,1-3H3;4,6H,5H2,1-3H3;4H,5H2,1-3H3;4-6H,1-3H3;5H,4H2,1-3H3;3*4-5H,1-3H3;4H,1-3H3. The van der Waals surface area contributed by atoms with Gasteiger partial charge in [0.2, 0.25) is 5.89 Å². The van der Waals surface area contributed by atoms with Crippen molar-refractivity contribution in [2.75, 3.05) is 13.1 Å². The Balaban J connectivity index is 0.000000456. The first-order chi connectivity index (χ1) is 36.9. The molecule has 0 aromatic carbocycles. The van der Waals surface area contributed by atoms with Gasteiger partial charge in [0.1, 0.15) is 18.3 Å². The van der Waals surface area contributed by atoms with Crippen LogP contribution in [0.4, 0.5) is 0 Å². The molecule has 0 radical (unpaired) electrons. The van der Waals surface area contributed by atoms with Crippen LogP contribution >= 0.6 is 0 Å². The number of nitrogens with zero attached hydrogens (tertiary/aromatic N) is 13. The van der Waals surface area contributed by atoms with Gasteiger partial charge in [0.25, 0.3) is 0 Å². The molecule has 9 heterocycles. The number of aromatic nitrogens is 7. The minimum atomic E-state index is -0.0174. The van der Waals surface area contributed by atoms with Crippen LogP contribution in [0.2, 0.25) is 0 Å². The second-order valence-electron chi connectivity index (χ2n) is 28.9. The largest absolute Gasteiger partial charge is 0.451 e. The van der Waals surface area contributed by atoms with Crippen LogP contribution in [0.1, 0.15) is 223 Å². The van der Waals surface area contributed by atoms with Gasteiger partial charge in [-0.05, 0) is 59.8 Å². The Labute approximate surface area is 488 Å². The Morgan fingerprint density at radius 3 is 1.43 bits per heavy atom. The van der Waals surface area contributed by atoms with Gasteiger partial charge in [-0.2, -0.15) is 30.5 Å². The molecule has 9 rings (SSSR count). The average molecular weight is 1120 g/mol. The maximum Gasteiger partial charge on any atom is 0.231 e. The molecule has 0 atom stereocenters. The third-order valence-corrected chi connectivity index (χ3v) is 11.7. The maximum atomic E-state index is 5.09. The monoisotopic (exact) mass is 1120 g/mol. The first kappa shape index (κ1) is 72.5. The molecule has 0 aliphatic carbocycles. The van der Waals surface area contributed by atoms with E-state index in [2.05, 4.69) is 233 Å². The van der Waals surface area contributed by atoms with Crippen molar-refractivity contribution in [3.05, 3.63) is 121 Å². The third kappa shape index (κ3) is 30.8. The van der Waals surface area contributed by atoms with E-state index in [1.807, 2.05) is 68.8 Å². The highest BCUT2D eigenvalue weighted by atomic mass is 16.5. The molecule has 0 amide bonds. The van der Waals surface area contributed by atoms with Gasteiger partial charge in [0.15, 0.2) is 25.0 Å². The molecule has 0 saturated heterocycles. The summed E-state index contributed by atoms with van der Waals surface area (Å²) in [5.41, 5.74) is 7.74. The smallest absolute Gasteiger partial charge is 0.231 e. The van der Waals surface area contributed by atoms with Crippen molar-refractivity contribution in [3.8, 4) is 0 Å². The zero-order valence-corrected chi connectivity index (χ0v) is 55.0. The van der Waals surface area contributed by atoms with Crippen molar-refractivity contribution >= 4 is 24.4 Å². The first-order valence-corrected chi connectivity index (χ1v) is 28.0. The second-order valence-corrected chi connectivity index (χ2v) is 28.9. The van der Waals surface area contributed by atoms with Crippen LogP contribution in [-0.4, -0.2) is 72.3 Å². The molecule has 4 aliphatic rings. The van der Waals surface area contributed by atoms with Gasteiger partial charge in [0.05, 0.1) is 48.6 Å². The highest BCUT2D eigenvalue weighted by Gasteiger charge is 2.23. The SMILES string of the molecule is CC(C)(C)C1=CCN=C1.CC(C)(C)C1=CN=CC1.CC(C)(C)C1=CN=NC1.CC(C)(C)C1=NN=CC1.CC(C)(C)c1cnco1.CC(C)(C)c1cocn1.CC(C)(C)c1ncco1.CC(C)(C)c1ncno1.CC(C)(C)n1cccn1. The van der Waals surface area contributed by atoms with Crippen LogP contribution in [0.25, 0.3) is 0 Å². The van der Waals surface area contributed by atoms with Gasteiger partial charge in [-0.3, -0.25) is 14.7 Å². The first-order valence-electron chi connectivity index (χ1n) is 28.0. The van der Waals surface area contributed by atoms with Crippen LogP contribution in [-0.2, 0) is 27.2 Å². The van der Waals surface area contributed by atoms with E-state index in [1.165, 1.54) is 41.5 Å². The summed E-state index contributed by atoms with van der Waals surface area (Å²) >= 11 is 0. The Kier molecular flexibility index (Phi) is 28.3. The Hall–Kier alpha value is -6.52. The van der Waals surface area contributed by atoms with E-state index in [0.29, 0.717) is 16.7 Å². The molecule has 0 unspecified atom stereocenters. The second kappa shape index (κ2) is 31.6. The van der Waals surface area contributed by atoms with Gasteiger partial charge in [-0.1, -0.05) is 177 Å². The van der Waals surface area contributed by atoms with Crippen LogP contribution in [0.5, 0.6) is 0 Å². The number of aliphatic imine (C=N–C) groups is 2. The normalized spacial score (nSPS) is 14.8. The lowest BCUT2D eigenvalue weighted by Crippen LogP contribution is -2.21. The zero-order valence-electron chi connectivity index (χ0n) is 55.0. The molecule has 17 heteroatoms. The van der Waals surface area contributed by atoms with Crippen LogP contribution in [0, 0.1) is 21.7 Å². The topological polar surface area (TPSA) is 209 Å². The molecule has 81 heavy (non-hydrogen) atoms. The molecule has 0 saturated carbocycles. The number of rotatable bonds is 0. The third-order valence-electron chi connectivity index (χ3n) is 11.7. The average Bonchev–Trinajstić information content (AvgIpc) is 4.21. The fourth-order valence-electron chi connectivity index (χ4n) is 6.07. The van der Waals surface area contributed by atoms with Gasteiger partial charge in [-0.15, -0.1) is 0 Å². The lowest BCUT2D eigenvalue weighted by molar-refractivity contribution is 0.320. The lowest BCUT2D eigenvalue weighted by atomic mass is 9.86. The predicted octanol–water partition coefficient (Wildman–Crippen LogP) is 17.6. The van der Waals surface area contributed by atoms with E-state index in [1.54, 1.807) is 31.1 Å². The van der Waals surface area contributed by atoms with Crippen LogP contribution in [0.3, 0.4) is 0 Å². The fourth-order valence-corrected chi connectivity index (χ4v) is 6.07. The molecule has 4 aliphatic heterocycles. The molecule has 17 nitrogen and oxygen atoms in total. The molecule has 0 bridgehead atoms. The Morgan fingerprint density at radius 2 is 1.21 bits per heavy atom. The van der Waals surface area contributed by atoms with E-state index in [-0.39, 0.29) is 38.0 Å². The summed E-state index contributed by atoms with van der Waals surface area (Å²) in [7, 11) is 0. The van der Waals surface area contributed by atoms with Crippen LogP contribution < -0.4 is 0 Å². The van der Waals surface area contributed by atoms with Crippen molar-refractivity contribution in [2.24, 2.45) is 52.1 Å². The Bertz CT molecular complexity index is 2350. The molecule has 0 N–H and O–H groups in total. The zero-order chi connectivity index (χ0) is 62.2. The van der Waals surface area contributed by atoms with Crippen molar-refractivity contribution in [1.29, 1.82) is 0 Å². The summed E-state index contributed by atoms with van der Waals surface area (Å²) < 4.78 is 21.8. The summed E-state index contributed by atoms with van der Waals surface area (Å²) in [5.74, 6) is 2.41. The molecular weight excluding hydrogens is 1010 g/mol. The van der Waals surface area contributed by atoms with Crippen molar-refractivity contribution in [2.45, 2.75) is 227 Å². The quantitative estimate of drug-likeness (QED) is 0.143. The molecule has 0 spiro atoms. The van der Waals surface area contributed by atoms with Crippen LogP contribution in [0.15, 0.2) is 146 Å². The van der Waals surface area contributed by atoms with Crippen molar-refractivity contribution < 1.29 is 17.8 Å². The van der Waals surface area contributed by atoms with Crippen molar-refractivity contribution in [1.82, 2.24) is 34.9 Å². The van der Waals surface area contributed by atoms with Gasteiger partial charge >= 0.3 is 0 Å². The predicted molar refractivity (Wildman–Crippen MR) is 335 cm³/mol. The maximum absolute atomic E-state index is 5.09. The minimum absolute atomic E-state index is 0.0174. The molecule has 0 fully saturated rings. The molecule has 450 valence electrons. The summed E-state index contributed by atoms with van der Waals surface area (Å²) in [6.45, 7) is 59.2. The van der Waals surface area contributed by atoms with E-state index in [4.69, 9.17) is 17.8 Å². The number of allylic oxidation sites excluding steroid dienone is 2. The van der Waals surface area contributed by atoms with E-state index in [0.717, 1.165) is 43.3 Å². The molecule has 5 aromatic heterocycles. The van der Waals surface area contributed by atoms with E-state index in [9.17, 15) is 0 Å². The van der Waals surface area contributed by atoms with E-state index >= 15 is 0 Å². The molecule has 5 aromatic rings. The van der Waals surface area contributed by atoms with Crippen molar-refractivity contribution in [3.63, 3.8) is 0 Å². The number of hydrogen-bond donors (Lipinski definition) is 0. The summed E-state index contributed by atoms with van der Waals surface area (Å²) in [5, 5.41) is 23.1. The van der Waals surface area contributed by atoms with Gasteiger partial charge < -0.3 is 17.8 Å². The van der Waals surface area contributed by atoms with E-state index < -0.39 is 0 Å². The van der Waals surface area contributed by atoms with Gasteiger partial charge in [-0.25, -0.2) is 15.0 Å². The Morgan fingerprint density at radius 1 is 0.568 bits per heavy atom. The lowest BCUT2D eigenvalue weighted by Gasteiger charge is -2.18. The summed E-state index contributed by atoms with van der Waals surface area (Å²) in [6.07, 6.45) is 28.6. The number of hydrogen-bond acceptors (Lipinski definition) is 16. The number of azo groups is 1. The highest BCUT2D eigenvalue weighted by molar-refractivity contribution is 6.01. The molecular formula is C64H105N13O4. The number of oxazole rings is 3. The minimum Gasteiger partial charge on any atom is -0.451 e. The fraction of sp³-hybridized carbons (Fsp3) is 0.625. The summed E-state index contributed by atoms with van der Waals surface area (Å²) in [4.78, 5) is 23.9. The summed E-state index contributed by atoms with van der Waals surface area (Å²) in [6, 6.07) is 1.94.